The first-order valence-electron chi connectivity index (χ1n) is 6.32. The standard InChI is InChI=1S/C14H18O3S/c1-16-13-6-10(7-14(15)4-5-14)2-3-12(13)17-11-8-18-9-11/h2-3,6,11,15H,4-5,7-9H2,1H3. The molecule has 4 heteroatoms. The zero-order chi connectivity index (χ0) is 12.6. The lowest BCUT2D eigenvalue weighted by molar-refractivity contribution is 0.151. The van der Waals surface area contributed by atoms with E-state index in [2.05, 4.69) is 0 Å². The third-order valence-electron chi connectivity index (χ3n) is 3.49. The Morgan fingerprint density at radius 1 is 1.33 bits per heavy atom. The molecule has 1 aromatic carbocycles. The summed E-state index contributed by atoms with van der Waals surface area (Å²) in [6.07, 6.45) is 2.85. The van der Waals surface area contributed by atoms with Crippen molar-refractivity contribution in [2.75, 3.05) is 18.6 Å². The Hall–Kier alpha value is -0.870. The lowest BCUT2D eigenvalue weighted by Gasteiger charge is -2.26. The molecule has 3 rings (SSSR count). The second kappa shape index (κ2) is 4.67. The van der Waals surface area contributed by atoms with Crippen LogP contribution in [0.15, 0.2) is 18.2 Å². The molecule has 0 unspecified atom stereocenters. The summed E-state index contributed by atoms with van der Waals surface area (Å²) < 4.78 is 11.2. The SMILES string of the molecule is COc1cc(CC2(O)CC2)ccc1OC1CSC1. The topological polar surface area (TPSA) is 38.7 Å². The Bertz CT molecular complexity index is 439. The molecule has 1 aliphatic heterocycles. The first-order chi connectivity index (χ1) is 8.68. The highest BCUT2D eigenvalue weighted by Gasteiger charge is 2.40. The van der Waals surface area contributed by atoms with Crippen LogP contribution in [0, 0.1) is 0 Å². The van der Waals surface area contributed by atoms with Crippen molar-refractivity contribution in [3.8, 4) is 11.5 Å². The van der Waals surface area contributed by atoms with Gasteiger partial charge >= 0.3 is 0 Å². The number of aliphatic hydroxyl groups is 1. The summed E-state index contributed by atoms with van der Waals surface area (Å²) in [6, 6.07) is 5.97. The molecule has 1 aliphatic carbocycles. The quantitative estimate of drug-likeness (QED) is 0.887. The molecule has 0 aromatic heterocycles. The number of ether oxygens (including phenoxy) is 2. The molecule has 1 heterocycles. The fourth-order valence-corrected chi connectivity index (χ4v) is 2.65. The van der Waals surface area contributed by atoms with Gasteiger partial charge in [0.2, 0.25) is 0 Å². The van der Waals surface area contributed by atoms with Crippen LogP contribution in [0.1, 0.15) is 18.4 Å². The van der Waals surface area contributed by atoms with Gasteiger partial charge in [0.25, 0.3) is 0 Å². The van der Waals surface area contributed by atoms with Crippen LogP contribution >= 0.6 is 11.8 Å². The minimum absolute atomic E-state index is 0.322. The summed E-state index contributed by atoms with van der Waals surface area (Å²) in [7, 11) is 1.66. The third-order valence-corrected chi connectivity index (χ3v) is 4.70. The Labute approximate surface area is 111 Å². The van der Waals surface area contributed by atoms with Crippen LogP contribution in [0.5, 0.6) is 11.5 Å². The number of rotatable bonds is 5. The Balaban J connectivity index is 1.73. The summed E-state index contributed by atoms with van der Waals surface area (Å²) in [5.41, 5.74) is 0.653. The number of thioether (sulfide) groups is 1. The van der Waals surface area contributed by atoms with E-state index in [0.29, 0.717) is 12.5 Å². The van der Waals surface area contributed by atoms with Crippen LogP contribution in [0.25, 0.3) is 0 Å². The second-order valence-electron chi connectivity index (χ2n) is 5.16. The van der Waals surface area contributed by atoms with Gasteiger partial charge in [0.15, 0.2) is 11.5 Å². The molecule has 2 fully saturated rings. The number of methoxy groups -OCH3 is 1. The van der Waals surface area contributed by atoms with Crippen LogP contribution in [0.3, 0.4) is 0 Å². The first kappa shape index (κ1) is 12.2. The highest BCUT2D eigenvalue weighted by atomic mass is 32.2. The largest absolute Gasteiger partial charge is 0.493 e. The van der Waals surface area contributed by atoms with Gasteiger partial charge in [-0.05, 0) is 30.5 Å². The van der Waals surface area contributed by atoms with E-state index >= 15 is 0 Å². The molecule has 0 radical (unpaired) electrons. The lowest BCUT2D eigenvalue weighted by atomic mass is 10.1. The van der Waals surface area contributed by atoms with E-state index in [9.17, 15) is 5.11 Å². The van der Waals surface area contributed by atoms with Crippen molar-refractivity contribution in [2.24, 2.45) is 0 Å². The fraction of sp³-hybridized carbons (Fsp3) is 0.571. The molecule has 1 saturated heterocycles. The maximum absolute atomic E-state index is 9.93. The Kier molecular flexibility index (Phi) is 3.16. The van der Waals surface area contributed by atoms with Crippen molar-refractivity contribution < 1.29 is 14.6 Å². The van der Waals surface area contributed by atoms with Crippen molar-refractivity contribution in [1.29, 1.82) is 0 Å². The maximum Gasteiger partial charge on any atom is 0.161 e. The molecule has 98 valence electrons. The lowest BCUT2D eigenvalue weighted by Crippen LogP contribution is -2.31. The summed E-state index contributed by atoms with van der Waals surface area (Å²) in [5, 5.41) is 9.93. The second-order valence-corrected chi connectivity index (χ2v) is 6.24. The molecule has 0 spiro atoms. The monoisotopic (exact) mass is 266 g/mol. The molecule has 0 atom stereocenters. The molecule has 1 N–H and O–H groups in total. The van der Waals surface area contributed by atoms with Gasteiger partial charge in [0, 0.05) is 17.9 Å². The van der Waals surface area contributed by atoms with Crippen molar-refractivity contribution in [2.45, 2.75) is 31.0 Å². The molecule has 2 aliphatic rings. The average molecular weight is 266 g/mol. The summed E-state index contributed by atoms with van der Waals surface area (Å²) in [6.45, 7) is 0. The van der Waals surface area contributed by atoms with Crippen LogP contribution < -0.4 is 9.47 Å². The molecular formula is C14H18O3S. The number of hydrogen-bond donors (Lipinski definition) is 1. The highest BCUT2D eigenvalue weighted by Crippen LogP contribution is 2.40. The van der Waals surface area contributed by atoms with Crippen molar-refractivity contribution >= 4 is 11.8 Å². The van der Waals surface area contributed by atoms with Crippen molar-refractivity contribution in [3.05, 3.63) is 23.8 Å². The third kappa shape index (κ3) is 2.59. The Morgan fingerprint density at radius 3 is 2.67 bits per heavy atom. The minimum atomic E-state index is -0.460. The predicted molar refractivity (Wildman–Crippen MR) is 72.6 cm³/mol. The van der Waals surface area contributed by atoms with Gasteiger partial charge in [0.1, 0.15) is 6.10 Å². The fourth-order valence-electron chi connectivity index (χ4n) is 2.08. The minimum Gasteiger partial charge on any atom is -0.493 e. The van der Waals surface area contributed by atoms with Crippen molar-refractivity contribution in [1.82, 2.24) is 0 Å². The predicted octanol–water partition coefficient (Wildman–Crippen LogP) is 2.26. The summed E-state index contributed by atoms with van der Waals surface area (Å²) >= 11 is 1.90. The van der Waals surface area contributed by atoms with E-state index in [4.69, 9.17) is 9.47 Å². The summed E-state index contributed by atoms with van der Waals surface area (Å²) in [5.74, 6) is 3.71. The van der Waals surface area contributed by atoms with Crippen LogP contribution in [-0.4, -0.2) is 35.4 Å². The smallest absolute Gasteiger partial charge is 0.161 e. The van der Waals surface area contributed by atoms with Gasteiger partial charge in [-0.3, -0.25) is 0 Å². The van der Waals surface area contributed by atoms with Gasteiger partial charge in [-0.25, -0.2) is 0 Å². The average Bonchev–Trinajstić information content (AvgIpc) is 3.02. The highest BCUT2D eigenvalue weighted by molar-refractivity contribution is 8.00. The van der Waals surface area contributed by atoms with Gasteiger partial charge in [-0.15, -0.1) is 0 Å². The van der Waals surface area contributed by atoms with Crippen LogP contribution in [0.2, 0.25) is 0 Å². The van der Waals surface area contributed by atoms with E-state index in [1.807, 2.05) is 30.0 Å². The molecule has 1 saturated carbocycles. The molecule has 0 amide bonds. The molecular weight excluding hydrogens is 248 g/mol. The Morgan fingerprint density at radius 2 is 2.11 bits per heavy atom. The number of hydrogen-bond acceptors (Lipinski definition) is 4. The van der Waals surface area contributed by atoms with E-state index in [1.165, 1.54) is 0 Å². The van der Waals surface area contributed by atoms with E-state index in [-0.39, 0.29) is 0 Å². The normalized spacial score (nSPS) is 21.2. The maximum atomic E-state index is 9.93. The van der Waals surface area contributed by atoms with Gasteiger partial charge in [-0.1, -0.05) is 6.07 Å². The van der Waals surface area contributed by atoms with E-state index < -0.39 is 5.60 Å². The van der Waals surface area contributed by atoms with Crippen LogP contribution in [-0.2, 0) is 6.42 Å². The van der Waals surface area contributed by atoms with E-state index in [0.717, 1.165) is 41.4 Å². The molecule has 3 nitrogen and oxygen atoms in total. The van der Waals surface area contributed by atoms with Gasteiger partial charge < -0.3 is 14.6 Å². The van der Waals surface area contributed by atoms with Crippen molar-refractivity contribution in [3.63, 3.8) is 0 Å². The number of benzene rings is 1. The van der Waals surface area contributed by atoms with Gasteiger partial charge in [0.05, 0.1) is 12.7 Å². The van der Waals surface area contributed by atoms with Crippen LogP contribution in [0.4, 0.5) is 0 Å². The van der Waals surface area contributed by atoms with E-state index in [1.54, 1.807) is 7.11 Å². The molecule has 18 heavy (non-hydrogen) atoms. The molecule has 1 aromatic rings. The van der Waals surface area contributed by atoms with Gasteiger partial charge in [-0.2, -0.15) is 11.8 Å². The molecule has 0 bridgehead atoms. The summed E-state index contributed by atoms with van der Waals surface area (Å²) in [4.78, 5) is 0. The first-order valence-corrected chi connectivity index (χ1v) is 7.48. The zero-order valence-corrected chi connectivity index (χ0v) is 11.3. The zero-order valence-electron chi connectivity index (χ0n) is 10.5.